The number of hydrogen-bond donors (Lipinski definition) is 0. The van der Waals surface area contributed by atoms with Crippen LogP contribution in [-0.4, -0.2) is 37.2 Å². The average Bonchev–Trinajstić information content (AvgIpc) is 3.40. The van der Waals surface area contributed by atoms with Gasteiger partial charge in [0.05, 0.1) is 0 Å². The van der Waals surface area contributed by atoms with Gasteiger partial charge >= 0.3 is 17.9 Å². The molecule has 0 heterocycles. The highest BCUT2D eigenvalue weighted by atomic mass is 16.6. The van der Waals surface area contributed by atoms with Crippen molar-refractivity contribution in [2.75, 3.05) is 13.2 Å². The molecule has 74 heavy (non-hydrogen) atoms. The Labute approximate surface area is 463 Å². The van der Waals surface area contributed by atoms with Gasteiger partial charge in [-0.25, -0.2) is 0 Å². The standard InChI is InChI=1S/C68H132O6/c1-4-7-10-13-16-19-21-23-25-26-27-28-29-30-31-32-33-34-35-36-37-38-39-40-41-42-43-44-46-47-49-52-55-58-61-67(70)73-64-65(63-72-66(69)60-57-54-51-18-15-12-9-6-3)74-68(71)62-59-56-53-50-48-45-24-22-20-17-14-11-8-5-2/h65H,4-64H2,1-3H3. The van der Waals surface area contributed by atoms with Crippen molar-refractivity contribution in [2.45, 2.75) is 406 Å². The van der Waals surface area contributed by atoms with Crippen molar-refractivity contribution >= 4 is 17.9 Å². The van der Waals surface area contributed by atoms with Gasteiger partial charge in [-0.05, 0) is 19.3 Å². The summed E-state index contributed by atoms with van der Waals surface area (Å²) in [6, 6.07) is 0. The van der Waals surface area contributed by atoms with E-state index in [0.29, 0.717) is 19.3 Å². The van der Waals surface area contributed by atoms with Gasteiger partial charge in [-0.3, -0.25) is 14.4 Å². The van der Waals surface area contributed by atoms with E-state index in [1.54, 1.807) is 0 Å². The Bertz CT molecular complexity index is 1110. The molecule has 1 unspecified atom stereocenters. The predicted octanol–water partition coefficient (Wildman–Crippen LogP) is 23.1. The largest absolute Gasteiger partial charge is 0.462 e. The minimum atomic E-state index is -0.761. The Hall–Kier alpha value is -1.59. The lowest BCUT2D eigenvalue weighted by Gasteiger charge is -2.18. The number of esters is 3. The van der Waals surface area contributed by atoms with Crippen LogP contribution in [0.3, 0.4) is 0 Å². The summed E-state index contributed by atoms with van der Waals surface area (Å²) < 4.78 is 16.9. The lowest BCUT2D eigenvalue weighted by molar-refractivity contribution is -0.167. The average molecular weight is 1050 g/mol. The zero-order valence-corrected chi connectivity index (χ0v) is 50.7. The number of carbonyl (C=O) groups excluding carboxylic acids is 3. The highest BCUT2D eigenvalue weighted by molar-refractivity contribution is 5.71. The third-order valence-corrected chi connectivity index (χ3v) is 15.9. The molecule has 0 fully saturated rings. The Balaban J connectivity index is 3.89. The highest BCUT2D eigenvalue weighted by Crippen LogP contribution is 2.19. The molecule has 0 radical (unpaired) electrons. The maximum absolute atomic E-state index is 12.8. The molecule has 0 aliphatic heterocycles. The van der Waals surface area contributed by atoms with Gasteiger partial charge < -0.3 is 14.2 Å². The van der Waals surface area contributed by atoms with Crippen molar-refractivity contribution in [1.29, 1.82) is 0 Å². The fourth-order valence-corrected chi connectivity index (χ4v) is 10.7. The minimum absolute atomic E-state index is 0.0615. The second-order valence-corrected chi connectivity index (χ2v) is 23.5. The van der Waals surface area contributed by atoms with Crippen LogP contribution in [0.15, 0.2) is 0 Å². The molecule has 0 aromatic heterocycles. The molecule has 1 atom stereocenters. The minimum Gasteiger partial charge on any atom is -0.462 e. The summed E-state index contributed by atoms with van der Waals surface area (Å²) in [5, 5.41) is 0. The number of hydrogen-bond acceptors (Lipinski definition) is 6. The summed E-state index contributed by atoms with van der Waals surface area (Å²) in [4.78, 5) is 38.1. The monoisotopic (exact) mass is 1050 g/mol. The molecule has 0 aliphatic rings. The first-order valence-corrected chi connectivity index (χ1v) is 34.0. The fraction of sp³-hybridized carbons (Fsp3) is 0.956. The third kappa shape index (κ3) is 61.3. The van der Waals surface area contributed by atoms with E-state index in [1.165, 1.54) is 302 Å². The summed E-state index contributed by atoms with van der Waals surface area (Å²) >= 11 is 0. The van der Waals surface area contributed by atoms with Crippen LogP contribution in [0.25, 0.3) is 0 Å². The molecular formula is C68H132O6. The van der Waals surface area contributed by atoms with E-state index in [4.69, 9.17) is 14.2 Å². The Morgan fingerprint density at radius 2 is 0.365 bits per heavy atom. The lowest BCUT2D eigenvalue weighted by atomic mass is 10.0. The van der Waals surface area contributed by atoms with Gasteiger partial charge in [-0.15, -0.1) is 0 Å². The van der Waals surface area contributed by atoms with E-state index in [2.05, 4.69) is 20.8 Å². The molecule has 0 spiro atoms. The molecule has 0 saturated heterocycles. The van der Waals surface area contributed by atoms with Crippen LogP contribution in [0.2, 0.25) is 0 Å². The van der Waals surface area contributed by atoms with Crippen LogP contribution < -0.4 is 0 Å². The van der Waals surface area contributed by atoms with Crippen molar-refractivity contribution in [1.82, 2.24) is 0 Å². The Kier molecular flexibility index (Phi) is 62.6. The first kappa shape index (κ1) is 72.4. The summed E-state index contributed by atoms with van der Waals surface area (Å²) in [5.74, 6) is -0.836. The van der Waals surface area contributed by atoms with Crippen LogP contribution in [0.1, 0.15) is 400 Å². The second kappa shape index (κ2) is 63.9. The van der Waals surface area contributed by atoms with Crippen molar-refractivity contribution < 1.29 is 28.6 Å². The van der Waals surface area contributed by atoms with Crippen LogP contribution in [0, 0.1) is 0 Å². The van der Waals surface area contributed by atoms with E-state index < -0.39 is 6.10 Å². The van der Waals surface area contributed by atoms with Crippen molar-refractivity contribution in [3.05, 3.63) is 0 Å². The maximum atomic E-state index is 12.8. The highest BCUT2D eigenvalue weighted by Gasteiger charge is 2.19. The predicted molar refractivity (Wildman–Crippen MR) is 321 cm³/mol. The molecule has 0 bridgehead atoms. The topological polar surface area (TPSA) is 78.9 Å². The Morgan fingerprint density at radius 1 is 0.216 bits per heavy atom. The summed E-state index contributed by atoms with van der Waals surface area (Å²) in [7, 11) is 0. The van der Waals surface area contributed by atoms with E-state index in [1.807, 2.05) is 0 Å². The zero-order valence-electron chi connectivity index (χ0n) is 50.7. The summed E-state index contributed by atoms with van der Waals surface area (Å²) in [5.41, 5.74) is 0. The van der Waals surface area contributed by atoms with Gasteiger partial charge in [0, 0.05) is 19.3 Å². The number of rotatable bonds is 64. The first-order valence-electron chi connectivity index (χ1n) is 34.0. The molecule has 0 aliphatic carbocycles. The van der Waals surface area contributed by atoms with Gasteiger partial charge in [0.2, 0.25) is 0 Å². The molecule has 0 aromatic rings. The van der Waals surface area contributed by atoms with Crippen molar-refractivity contribution in [3.8, 4) is 0 Å². The summed E-state index contributed by atoms with van der Waals surface area (Å²) in [6.07, 6.45) is 74.6. The third-order valence-electron chi connectivity index (χ3n) is 15.9. The van der Waals surface area contributed by atoms with Crippen molar-refractivity contribution in [2.24, 2.45) is 0 Å². The maximum Gasteiger partial charge on any atom is 0.306 e. The molecule has 440 valence electrons. The zero-order chi connectivity index (χ0) is 53.6. The molecule has 0 amide bonds. The number of carbonyl (C=O) groups is 3. The van der Waals surface area contributed by atoms with E-state index in [9.17, 15) is 14.4 Å². The SMILES string of the molecule is CCCCCCCCCCCCCCCCCCCCCCCCCCCCCCCCCCCCC(=O)OCC(COC(=O)CCCCCCCCCC)OC(=O)CCCCCCCCCCCCCCCC. The van der Waals surface area contributed by atoms with Gasteiger partial charge in [-0.2, -0.15) is 0 Å². The molecule has 0 rings (SSSR count). The quantitative estimate of drug-likeness (QED) is 0.0343. The van der Waals surface area contributed by atoms with Crippen LogP contribution in [0.5, 0.6) is 0 Å². The Morgan fingerprint density at radius 3 is 0.541 bits per heavy atom. The van der Waals surface area contributed by atoms with E-state index in [0.717, 1.165) is 57.8 Å². The smallest absolute Gasteiger partial charge is 0.306 e. The van der Waals surface area contributed by atoms with Gasteiger partial charge in [0.1, 0.15) is 13.2 Å². The van der Waals surface area contributed by atoms with Crippen molar-refractivity contribution in [3.63, 3.8) is 0 Å². The van der Waals surface area contributed by atoms with Crippen LogP contribution in [-0.2, 0) is 28.6 Å². The van der Waals surface area contributed by atoms with Gasteiger partial charge in [0.15, 0.2) is 6.10 Å². The van der Waals surface area contributed by atoms with E-state index in [-0.39, 0.29) is 31.1 Å². The molecule has 0 saturated carbocycles. The van der Waals surface area contributed by atoms with Crippen LogP contribution >= 0.6 is 0 Å². The van der Waals surface area contributed by atoms with Crippen LogP contribution in [0.4, 0.5) is 0 Å². The molecule has 6 heteroatoms. The summed E-state index contributed by atoms with van der Waals surface area (Å²) in [6.45, 7) is 6.69. The first-order chi connectivity index (χ1) is 36.5. The number of ether oxygens (including phenoxy) is 3. The molecule has 6 nitrogen and oxygen atoms in total. The normalized spacial score (nSPS) is 11.9. The van der Waals surface area contributed by atoms with Gasteiger partial charge in [-0.1, -0.05) is 361 Å². The van der Waals surface area contributed by atoms with E-state index >= 15 is 0 Å². The fourth-order valence-electron chi connectivity index (χ4n) is 10.7. The lowest BCUT2D eigenvalue weighted by Crippen LogP contribution is -2.30. The molecule has 0 aromatic carbocycles. The molecular weight excluding hydrogens is 913 g/mol. The second-order valence-electron chi connectivity index (χ2n) is 23.5. The molecule has 0 N–H and O–H groups in total. The van der Waals surface area contributed by atoms with Gasteiger partial charge in [0.25, 0.3) is 0 Å². The number of unbranched alkanes of at least 4 members (excludes halogenated alkanes) is 53.